The highest BCUT2D eigenvalue weighted by Gasteiger charge is 2.10. The number of primary amides is 1. The molecule has 0 heterocycles. The maximum atomic E-state index is 10.9. The Labute approximate surface area is 105 Å². The molecule has 0 saturated carbocycles. The highest BCUT2D eigenvalue weighted by Crippen LogP contribution is 2.33. The zero-order valence-corrected chi connectivity index (χ0v) is 9.92. The van der Waals surface area contributed by atoms with Crippen molar-refractivity contribution in [2.75, 3.05) is 7.11 Å². The van der Waals surface area contributed by atoms with Crippen molar-refractivity contribution in [3.63, 3.8) is 0 Å². The highest BCUT2D eigenvalue weighted by atomic mass is 16.5. The van der Waals surface area contributed by atoms with Gasteiger partial charge in [0.25, 0.3) is 0 Å². The third-order valence-electron chi connectivity index (χ3n) is 2.48. The summed E-state index contributed by atoms with van der Waals surface area (Å²) < 4.78 is 10.1. The molecule has 0 radical (unpaired) electrons. The molecule has 2 N–H and O–H groups in total. The smallest absolute Gasteiger partial charge is 0.409 e. The summed E-state index contributed by atoms with van der Waals surface area (Å²) in [5.41, 5.74) is 6.79. The number of ether oxygens (including phenoxy) is 2. The van der Waals surface area contributed by atoms with Crippen LogP contribution in [0.4, 0.5) is 4.79 Å². The monoisotopic (exact) mass is 243 g/mol. The molecular weight excluding hydrogens is 230 g/mol. The maximum absolute atomic E-state index is 10.9. The molecule has 2 rings (SSSR count). The number of benzene rings is 2. The topological polar surface area (TPSA) is 61.6 Å². The molecule has 1 amide bonds. The van der Waals surface area contributed by atoms with Gasteiger partial charge in [-0.2, -0.15) is 0 Å². The van der Waals surface area contributed by atoms with E-state index in [2.05, 4.69) is 0 Å². The summed E-state index contributed by atoms with van der Waals surface area (Å²) in [6.45, 7) is 0. The molecule has 0 fully saturated rings. The molecule has 0 aliphatic rings. The van der Waals surface area contributed by atoms with Crippen molar-refractivity contribution in [3.05, 3.63) is 48.5 Å². The molecule has 2 aromatic carbocycles. The number of methoxy groups -OCH3 is 1. The Morgan fingerprint density at radius 2 is 1.83 bits per heavy atom. The van der Waals surface area contributed by atoms with Gasteiger partial charge in [0.2, 0.25) is 0 Å². The summed E-state index contributed by atoms with van der Waals surface area (Å²) in [5.74, 6) is 0.985. The minimum absolute atomic E-state index is 0.382. The number of carbonyl (C=O) groups excluding carboxylic acids is 1. The molecule has 0 unspecified atom stereocenters. The van der Waals surface area contributed by atoms with E-state index >= 15 is 0 Å². The van der Waals surface area contributed by atoms with Crippen molar-refractivity contribution < 1.29 is 14.3 Å². The van der Waals surface area contributed by atoms with E-state index in [9.17, 15) is 4.79 Å². The van der Waals surface area contributed by atoms with Crippen molar-refractivity contribution >= 4 is 6.09 Å². The predicted molar refractivity (Wildman–Crippen MR) is 68.6 cm³/mol. The van der Waals surface area contributed by atoms with Crippen LogP contribution in [0.25, 0.3) is 11.1 Å². The normalized spacial score (nSPS) is 9.83. The Kier molecular flexibility index (Phi) is 3.48. The van der Waals surface area contributed by atoms with Crippen LogP contribution < -0.4 is 15.2 Å². The standard InChI is InChI=1S/C14H13NO3/c1-17-11-7-8-12(10-5-3-2-4-6-10)13(9-11)18-14(15)16/h2-9H,1H3,(H2,15,16). The van der Waals surface area contributed by atoms with Crippen molar-refractivity contribution in [1.82, 2.24) is 0 Å². The number of rotatable bonds is 3. The zero-order valence-electron chi connectivity index (χ0n) is 9.92. The lowest BCUT2D eigenvalue weighted by atomic mass is 10.0. The third-order valence-corrected chi connectivity index (χ3v) is 2.48. The molecule has 0 aliphatic carbocycles. The molecule has 0 saturated heterocycles. The van der Waals surface area contributed by atoms with E-state index in [1.807, 2.05) is 36.4 Å². The minimum Gasteiger partial charge on any atom is -0.497 e. The van der Waals surface area contributed by atoms with Crippen LogP contribution in [0, 0.1) is 0 Å². The lowest BCUT2D eigenvalue weighted by Gasteiger charge is -2.10. The summed E-state index contributed by atoms with van der Waals surface area (Å²) >= 11 is 0. The second kappa shape index (κ2) is 5.23. The van der Waals surface area contributed by atoms with E-state index in [1.165, 1.54) is 0 Å². The van der Waals surface area contributed by atoms with Gasteiger partial charge in [-0.3, -0.25) is 0 Å². The van der Waals surface area contributed by atoms with Gasteiger partial charge < -0.3 is 15.2 Å². The van der Waals surface area contributed by atoms with E-state index in [1.54, 1.807) is 19.2 Å². The first-order valence-electron chi connectivity index (χ1n) is 5.41. The van der Waals surface area contributed by atoms with Gasteiger partial charge in [-0.25, -0.2) is 4.79 Å². The third kappa shape index (κ3) is 2.60. The molecular formula is C14H13NO3. The van der Waals surface area contributed by atoms with E-state index in [0.717, 1.165) is 11.1 Å². The van der Waals surface area contributed by atoms with E-state index in [-0.39, 0.29) is 0 Å². The van der Waals surface area contributed by atoms with Crippen LogP contribution in [0.15, 0.2) is 48.5 Å². The van der Waals surface area contributed by atoms with Gasteiger partial charge in [-0.05, 0) is 17.7 Å². The first-order chi connectivity index (χ1) is 8.70. The molecule has 0 spiro atoms. The second-order valence-electron chi connectivity index (χ2n) is 3.65. The van der Waals surface area contributed by atoms with E-state index < -0.39 is 6.09 Å². The maximum Gasteiger partial charge on any atom is 0.409 e. The summed E-state index contributed by atoms with van der Waals surface area (Å²) in [5, 5.41) is 0. The van der Waals surface area contributed by atoms with Crippen molar-refractivity contribution in [2.24, 2.45) is 5.73 Å². The average molecular weight is 243 g/mol. The van der Waals surface area contributed by atoms with Crippen LogP contribution in [0.5, 0.6) is 11.5 Å². The predicted octanol–water partition coefficient (Wildman–Crippen LogP) is 2.82. The van der Waals surface area contributed by atoms with Gasteiger partial charge in [0.05, 0.1) is 7.11 Å². The molecule has 0 aliphatic heterocycles. The van der Waals surface area contributed by atoms with Crippen LogP contribution in [0.1, 0.15) is 0 Å². The van der Waals surface area contributed by atoms with Crippen molar-refractivity contribution in [2.45, 2.75) is 0 Å². The van der Waals surface area contributed by atoms with Gasteiger partial charge in [0.1, 0.15) is 11.5 Å². The Hall–Kier alpha value is -2.49. The number of hydrogen-bond acceptors (Lipinski definition) is 3. The Morgan fingerprint density at radius 3 is 2.44 bits per heavy atom. The highest BCUT2D eigenvalue weighted by molar-refractivity contribution is 5.76. The van der Waals surface area contributed by atoms with Crippen LogP contribution in [0.3, 0.4) is 0 Å². The number of nitrogens with two attached hydrogens (primary N) is 1. The lowest BCUT2D eigenvalue weighted by molar-refractivity contribution is 0.211. The number of carbonyl (C=O) groups is 1. The lowest BCUT2D eigenvalue weighted by Crippen LogP contribution is -2.16. The summed E-state index contributed by atoms with van der Waals surface area (Å²) in [6, 6.07) is 14.9. The largest absolute Gasteiger partial charge is 0.497 e. The molecule has 18 heavy (non-hydrogen) atoms. The molecule has 92 valence electrons. The number of amides is 1. The van der Waals surface area contributed by atoms with Crippen molar-refractivity contribution in [1.29, 1.82) is 0 Å². The molecule has 0 atom stereocenters. The Bertz CT molecular complexity index is 552. The van der Waals surface area contributed by atoms with Crippen molar-refractivity contribution in [3.8, 4) is 22.6 Å². The Morgan fingerprint density at radius 1 is 1.11 bits per heavy atom. The first kappa shape index (κ1) is 12.0. The van der Waals surface area contributed by atoms with Crippen LogP contribution >= 0.6 is 0 Å². The van der Waals surface area contributed by atoms with Gasteiger partial charge in [0, 0.05) is 11.6 Å². The minimum atomic E-state index is -0.847. The molecule has 0 bridgehead atoms. The van der Waals surface area contributed by atoms with Gasteiger partial charge in [0.15, 0.2) is 0 Å². The Balaban J connectivity index is 2.49. The second-order valence-corrected chi connectivity index (χ2v) is 3.65. The van der Waals surface area contributed by atoms with Gasteiger partial charge >= 0.3 is 6.09 Å². The fraction of sp³-hybridized carbons (Fsp3) is 0.0714. The van der Waals surface area contributed by atoms with Gasteiger partial charge in [-0.15, -0.1) is 0 Å². The van der Waals surface area contributed by atoms with Crippen LogP contribution in [0.2, 0.25) is 0 Å². The fourth-order valence-corrected chi connectivity index (χ4v) is 1.68. The number of hydrogen-bond donors (Lipinski definition) is 1. The average Bonchev–Trinajstić information content (AvgIpc) is 2.39. The molecule has 4 nitrogen and oxygen atoms in total. The quantitative estimate of drug-likeness (QED) is 0.901. The van der Waals surface area contributed by atoms with Gasteiger partial charge in [-0.1, -0.05) is 30.3 Å². The van der Waals surface area contributed by atoms with Crippen LogP contribution in [-0.2, 0) is 0 Å². The summed E-state index contributed by atoms with van der Waals surface area (Å²) in [6.07, 6.45) is -0.847. The first-order valence-corrected chi connectivity index (χ1v) is 5.41. The molecule has 4 heteroatoms. The van der Waals surface area contributed by atoms with E-state index in [4.69, 9.17) is 15.2 Å². The fourth-order valence-electron chi connectivity index (χ4n) is 1.68. The summed E-state index contributed by atoms with van der Waals surface area (Å²) in [7, 11) is 1.55. The molecule has 0 aromatic heterocycles. The molecule has 2 aromatic rings. The van der Waals surface area contributed by atoms with E-state index in [0.29, 0.717) is 11.5 Å². The summed E-state index contributed by atoms with van der Waals surface area (Å²) in [4.78, 5) is 10.9. The zero-order chi connectivity index (χ0) is 13.0. The van der Waals surface area contributed by atoms with Crippen LogP contribution in [-0.4, -0.2) is 13.2 Å². The SMILES string of the molecule is COc1ccc(-c2ccccc2)c(OC(N)=O)c1.